The standard InChI is InChI=1S/C25H22N2O6S2/c1-5-10-32-24(30)21-14(2)26-25-27(23(29)20(35-25)13-17-7-6-11-34-17)22(21)16-8-9-18(33-15(3)28)19(12-16)31-4/h5-9,11-13,22H,1,10H2,2-4H3/b20-13-. The third kappa shape index (κ3) is 4.89. The van der Waals surface area contributed by atoms with Crippen LogP contribution in [0.2, 0.25) is 0 Å². The minimum atomic E-state index is -0.825. The molecule has 1 aromatic carbocycles. The number of nitrogens with zero attached hydrogens (tertiary/aromatic N) is 2. The number of benzene rings is 1. The van der Waals surface area contributed by atoms with Crippen molar-refractivity contribution in [3.8, 4) is 11.5 Å². The van der Waals surface area contributed by atoms with E-state index in [4.69, 9.17) is 14.2 Å². The van der Waals surface area contributed by atoms with Gasteiger partial charge >= 0.3 is 11.9 Å². The van der Waals surface area contributed by atoms with E-state index in [1.807, 2.05) is 23.6 Å². The molecule has 0 saturated heterocycles. The number of aromatic nitrogens is 1. The average Bonchev–Trinajstić information content (AvgIpc) is 3.44. The summed E-state index contributed by atoms with van der Waals surface area (Å²) in [6.45, 7) is 6.60. The second kappa shape index (κ2) is 10.2. The van der Waals surface area contributed by atoms with Crippen LogP contribution in [0.15, 0.2) is 69.4 Å². The molecule has 1 aliphatic heterocycles. The minimum absolute atomic E-state index is 0.0137. The van der Waals surface area contributed by atoms with Gasteiger partial charge in [-0.25, -0.2) is 9.79 Å². The Balaban J connectivity index is 1.94. The number of allylic oxidation sites excluding steroid dienone is 1. The Kier molecular flexibility index (Phi) is 7.13. The van der Waals surface area contributed by atoms with E-state index >= 15 is 0 Å². The summed E-state index contributed by atoms with van der Waals surface area (Å²) >= 11 is 2.76. The fourth-order valence-corrected chi connectivity index (χ4v) is 5.48. The molecule has 0 N–H and O–H groups in total. The third-order valence-electron chi connectivity index (χ3n) is 5.15. The van der Waals surface area contributed by atoms with E-state index in [-0.39, 0.29) is 29.2 Å². The van der Waals surface area contributed by atoms with Crippen molar-refractivity contribution in [2.45, 2.75) is 19.9 Å². The first-order valence-corrected chi connectivity index (χ1v) is 12.2. The number of hydrogen-bond acceptors (Lipinski definition) is 9. The molecule has 1 unspecified atom stereocenters. The van der Waals surface area contributed by atoms with Crippen LogP contribution in [0.3, 0.4) is 0 Å². The van der Waals surface area contributed by atoms with E-state index in [1.54, 1.807) is 25.1 Å². The first-order valence-electron chi connectivity index (χ1n) is 10.5. The molecular weight excluding hydrogens is 488 g/mol. The summed E-state index contributed by atoms with van der Waals surface area (Å²) in [5.41, 5.74) is 0.957. The van der Waals surface area contributed by atoms with Crippen molar-refractivity contribution in [3.63, 3.8) is 0 Å². The molecule has 4 rings (SSSR count). The summed E-state index contributed by atoms with van der Waals surface area (Å²) in [6.07, 6.45) is 3.28. The van der Waals surface area contributed by atoms with Gasteiger partial charge in [-0.3, -0.25) is 14.2 Å². The molecule has 3 heterocycles. The largest absolute Gasteiger partial charge is 0.493 e. The number of esters is 2. The number of rotatable bonds is 7. The van der Waals surface area contributed by atoms with E-state index in [9.17, 15) is 14.4 Å². The van der Waals surface area contributed by atoms with Crippen LogP contribution < -0.4 is 24.4 Å². The van der Waals surface area contributed by atoms with Crippen molar-refractivity contribution in [3.05, 3.63) is 89.8 Å². The Labute approximate surface area is 208 Å². The normalized spacial score (nSPS) is 15.3. The van der Waals surface area contributed by atoms with Gasteiger partial charge in [0.15, 0.2) is 16.3 Å². The molecule has 0 amide bonds. The second-order valence-corrected chi connectivity index (χ2v) is 9.48. The summed E-state index contributed by atoms with van der Waals surface area (Å²) in [5.74, 6) is -0.592. The number of fused-ring (bicyclic) bond motifs is 1. The zero-order valence-corrected chi connectivity index (χ0v) is 20.9. The molecule has 0 bridgehead atoms. The van der Waals surface area contributed by atoms with Gasteiger partial charge in [0, 0.05) is 11.8 Å². The molecule has 0 aliphatic carbocycles. The van der Waals surface area contributed by atoms with Crippen LogP contribution in [0.5, 0.6) is 11.5 Å². The first kappa shape index (κ1) is 24.4. The van der Waals surface area contributed by atoms with Crippen LogP contribution in [0.25, 0.3) is 6.08 Å². The smallest absolute Gasteiger partial charge is 0.338 e. The van der Waals surface area contributed by atoms with Gasteiger partial charge in [0.1, 0.15) is 6.61 Å². The molecule has 2 aromatic heterocycles. The van der Waals surface area contributed by atoms with Crippen molar-refractivity contribution in [1.82, 2.24) is 4.57 Å². The maximum Gasteiger partial charge on any atom is 0.338 e. The molecule has 1 atom stereocenters. The highest BCUT2D eigenvalue weighted by molar-refractivity contribution is 7.11. The zero-order chi connectivity index (χ0) is 25.1. The van der Waals surface area contributed by atoms with Gasteiger partial charge in [0.2, 0.25) is 0 Å². The van der Waals surface area contributed by atoms with Crippen molar-refractivity contribution < 1.29 is 23.8 Å². The molecule has 180 valence electrons. The maximum absolute atomic E-state index is 13.6. The van der Waals surface area contributed by atoms with Crippen molar-refractivity contribution in [1.29, 1.82) is 0 Å². The third-order valence-corrected chi connectivity index (χ3v) is 6.95. The lowest BCUT2D eigenvalue weighted by Gasteiger charge is -2.25. The van der Waals surface area contributed by atoms with Crippen molar-refractivity contribution in [2.24, 2.45) is 4.99 Å². The predicted molar refractivity (Wildman–Crippen MR) is 134 cm³/mol. The van der Waals surface area contributed by atoms with Crippen LogP contribution in [0.1, 0.15) is 30.3 Å². The second-order valence-electron chi connectivity index (χ2n) is 7.49. The van der Waals surface area contributed by atoms with Gasteiger partial charge in [0.05, 0.1) is 29.0 Å². The number of carbonyl (C=O) groups is 2. The molecule has 3 aromatic rings. The summed E-state index contributed by atoms with van der Waals surface area (Å²) in [7, 11) is 1.44. The van der Waals surface area contributed by atoms with Gasteiger partial charge < -0.3 is 14.2 Å². The maximum atomic E-state index is 13.6. The molecule has 0 radical (unpaired) electrons. The highest BCUT2D eigenvalue weighted by atomic mass is 32.1. The number of thiazole rings is 1. The number of methoxy groups -OCH3 is 1. The molecule has 1 aliphatic rings. The average molecular weight is 511 g/mol. The van der Waals surface area contributed by atoms with Crippen LogP contribution in [0.4, 0.5) is 0 Å². The molecular formula is C25H22N2O6S2. The molecule has 0 fully saturated rings. The topological polar surface area (TPSA) is 96.2 Å². The monoisotopic (exact) mass is 510 g/mol. The van der Waals surface area contributed by atoms with Gasteiger partial charge in [-0.2, -0.15) is 0 Å². The van der Waals surface area contributed by atoms with E-state index in [0.29, 0.717) is 20.6 Å². The Morgan fingerprint density at radius 1 is 1.26 bits per heavy atom. The molecule has 0 saturated carbocycles. The van der Waals surface area contributed by atoms with E-state index in [2.05, 4.69) is 11.6 Å². The fourth-order valence-electron chi connectivity index (χ4n) is 3.71. The lowest BCUT2D eigenvalue weighted by atomic mass is 9.95. The molecule has 8 nitrogen and oxygen atoms in total. The number of ether oxygens (including phenoxy) is 3. The van der Waals surface area contributed by atoms with Gasteiger partial charge in [-0.15, -0.1) is 11.3 Å². The van der Waals surface area contributed by atoms with Gasteiger partial charge in [0.25, 0.3) is 5.56 Å². The van der Waals surface area contributed by atoms with Crippen LogP contribution >= 0.6 is 22.7 Å². The quantitative estimate of drug-likeness (QED) is 0.276. The Morgan fingerprint density at radius 3 is 2.71 bits per heavy atom. The minimum Gasteiger partial charge on any atom is -0.493 e. The Hall–Kier alpha value is -3.76. The van der Waals surface area contributed by atoms with Crippen LogP contribution in [0, 0.1) is 0 Å². The molecule has 10 heteroatoms. The SMILES string of the molecule is C=CCOC(=O)C1=C(C)N=c2s/c(=C\c3cccs3)c(=O)n2C1c1ccc(OC(C)=O)c(OC)c1. The van der Waals surface area contributed by atoms with Gasteiger partial charge in [-0.1, -0.05) is 36.1 Å². The lowest BCUT2D eigenvalue weighted by molar-refractivity contribution is -0.138. The summed E-state index contributed by atoms with van der Waals surface area (Å²) in [4.78, 5) is 44.1. The number of carbonyl (C=O) groups excluding carboxylic acids is 2. The van der Waals surface area contributed by atoms with E-state index in [0.717, 1.165) is 4.88 Å². The fraction of sp³-hybridized carbons (Fsp3) is 0.200. The van der Waals surface area contributed by atoms with Gasteiger partial charge in [-0.05, 0) is 42.1 Å². The zero-order valence-electron chi connectivity index (χ0n) is 19.3. The predicted octanol–water partition coefficient (Wildman–Crippen LogP) is 2.96. The summed E-state index contributed by atoms with van der Waals surface area (Å²) in [6, 6.07) is 7.89. The van der Waals surface area contributed by atoms with Crippen molar-refractivity contribution in [2.75, 3.05) is 13.7 Å². The lowest BCUT2D eigenvalue weighted by Crippen LogP contribution is -2.40. The van der Waals surface area contributed by atoms with Crippen LogP contribution in [-0.4, -0.2) is 30.2 Å². The Bertz CT molecular complexity index is 1510. The summed E-state index contributed by atoms with van der Waals surface area (Å²) in [5, 5.41) is 1.93. The summed E-state index contributed by atoms with van der Waals surface area (Å²) < 4.78 is 18.0. The highest BCUT2D eigenvalue weighted by Gasteiger charge is 2.34. The molecule has 35 heavy (non-hydrogen) atoms. The number of hydrogen-bond donors (Lipinski definition) is 0. The van der Waals surface area contributed by atoms with E-state index in [1.165, 1.54) is 47.4 Å². The molecule has 0 spiro atoms. The van der Waals surface area contributed by atoms with E-state index < -0.39 is 18.0 Å². The van der Waals surface area contributed by atoms with Crippen molar-refractivity contribution >= 4 is 40.7 Å². The first-order chi connectivity index (χ1) is 16.8. The highest BCUT2D eigenvalue weighted by Crippen LogP contribution is 2.36. The number of thiophene rings is 1. The van der Waals surface area contributed by atoms with Crippen LogP contribution in [-0.2, 0) is 14.3 Å². The Morgan fingerprint density at radius 2 is 2.06 bits per heavy atom.